The van der Waals surface area contributed by atoms with Gasteiger partial charge in [0.25, 0.3) is 0 Å². The Morgan fingerprint density at radius 3 is 2.50 bits per heavy atom. The molecule has 140 valence electrons. The summed E-state index contributed by atoms with van der Waals surface area (Å²) >= 11 is 5.96. The fraction of sp³-hybridized carbons (Fsp3) is 0.0870. The third kappa shape index (κ3) is 4.02. The number of rotatable bonds is 6. The van der Waals surface area contributed by atoms with Crippen molar-refractivity contribution in [2.75, 3.05) is 7.11 Å². The summed E-state index contributed by atoms with van der Waals surface area (Å²) in [6.07, 6.45) is 1.87. The van der Waals surface area contributed by atoms with E-state index < -0.39 is 0 Å². The largest absolute Gasteiger partial charge is 0.496 e. The Labute approximate surface area is 168 Å². The van der Waals surface area contributed by atoms with Gasteiger partial charge in [0.05, 0.1) is 12.8 Å². The minimum Gasteiger partial charge on any atom is -0.496 e. The molecule has 1 aromatic heterocycles. The molecule has 0 aliphatic carbocycles. The van der Waals surface area contributed by atoms with E-state index in [2.05, 4.69) is 4.98 Å². The van der Waals surface area contributed by atoms with Crippen LogP contribution in [0, 0.1) is 0 Å². The fourth-order valence-corrected chi connectivity index (χ4v) is 3.06. The predicted octanol–water partition coefficient (Wildman–Crippen LogP) is 5.98. The van der Waals surface area contributed by atoms with Crippen LogP contribution in [0.3, 0.4) is 0 Å². The second kappa shape index (κ2) is 8.19. The molecule has 1 N–H and O–H groups in total. The smallest absolute Gasteiger partial charge is 0.138 e. The Balaban J connectivity index is 1.55. The molecule has 4 rings (SSSR count). The van der Waals surface area contributed by atoms with Gasteiger partial charge in [-0.1, -0.05) is 41.9 Å². The summed E-state index contributed by atoms with van der Waals surface area (Å²) in [6.45, 7) is 0.506. The third-order valence-electron chi connectivity index (χ3n) is 4.39. The van der Waals surface area contributed by atoms with Crippen LogP contribution in [-0.4, -0.2) is 17.1 Å². The zero-order valence-corrected chi connectivity index (χ0v) is 16.1. The standard InChI is InChI=1S/C23H19ClN2O2/c1-27-22-13-19(28-15-16-5-3-2-4-6-16)11-12-20(22)21-14-25-23(26-21)17-7-9-18(24)10-8-17/h2-14H,15H2,1H3,(H,25,26). The van der Waals surface area contributed by atoms with E-state index in [0.29, 0.717) is 17.4 Å². The molecular formula is C23H19ClN2O2. The molecule has 0 aliphatic rings. The lowest BCUT2D eigenvalue weighted by Crippen LogP contribution is -1.96. The van der Waals surface area contributed by atoms with Crippen molar-refractivity contribution in [3.8, 4) is 34.1 Å². The van der Waals surface area contributed by atoms with E-state index in [1.54, 1.807) is 7.11 Å². The molecule has 0 saturated heterocycles. The molecule has 4 aromatic rings. The van der Waals surface area contributed by atoms with Gasteiger partial charge in [0.2, 0.25) is 0 Å². The molecular weight excluding hydrogens is 372 g/mol. The third-order valence-corrected chi connectivity index (χ3v) is 4.64. The minimum absolute atomic E-state index is 0.506. The van der Waals surface area contributed by atoms with Crippen LogP contribution in [0.2, 0.25) is 5.02 Å². The van der Waals surface area contributed by atoms with Gasteiger partial charge in [-0.2, -0.15) is 0 Å². The van der Waals surface area contributed by atoms with Crippen molar-refractivity contribution in [2.45, 2.75) is 6.61 Å². The molecule has 0 bridgehead atoms. The monoisotopic (exact) mass is 390 g/mol. The van der Waals surface area contributed by atoms with Gasteiger partial charge in [0, 0.05) is 28.4 Å². The lowest BCUT2D eigenvalue weighted by molar-refractivity contribution is 0.304. The minimum atomic E-state index is 0.506. The van der Waals surface area contributed by atoms with Gasteiger partial charge in [-0.3, -0.25) is 0 Å². The highest BCUT2D eigenvalue weighted by atomic mass is 35.5. The van der Waals surface area contributed by atoms with Gasteiger partial charge in [-0.25, -0.2) is 4.98 Å². The summed E-state index contributed by atoms with van der Waals surface area (Å²) in [5.74, 6) is 2.23. The Bertz CT molecular complexity index is 1060. The first-order valence-corrected chi connectivity index (χ1v) is 9.27. The molecule has 5 heteroatoms. The number of benzene rings is 3. The topological polar surface area (TPSA) is 47.1 Å². The molecule has 0 spiro atoms. The van der Waals surface area contributed by atoms with Crippen LogP contribution >= 0.6 is 11.6 Å². The number of hydrogen-bond acceptors (Lipinski definition) is 3. The first-order valence-electron chi connectivity index (χ1n) is 8.89. The van der Waals surface area contributed by atoms with Crippen molar-refractivity contribution in [3.05, 3.63) is 89.6 Å². The predicted molar refractivity (Wildman–Crippen MR) is 112 cm³/mol. The van der Waals surface area contributed by atoms with E-state index in [1.165, 1.54) is 0 Å². The highest BCUT2D eigenvalue weighted by molar-refractivity contribution is 6.30. The van der Waals surface area contributed by atoms with Crippen LogP contribution in [-0.2, 0) is 6.61 Å². The van der Waals surface area contributed by atoms with Crippen LogP contribution in [0.15, 0.2) is 79.0 Å². The number of halogens is 1. The van der Waals surface area contributed by atoms with Crippen LogP contribution in [0.5, 0.6) is 11.5 Å². The van der Waals surface area contributed by atoms with Crippen molar-refractivity contribution in [1.29, 1.82) is 0 Å². The van der Waals surface area contributed by atoms with Gasteiger partial charge in [0.15, 0.2) is 0 Å². The van der Waals surface area contributed by atoms with Gasteiger partial charge in [-0.15, -0.1) is 0 Å². The number of nitrogens with one attached hydrogen (secondary N) is 1. The molecule has 0 fully saturated rings. The van der Waals surface area contributed by atoms with E-state index in [4.69, 9.17) is 26.1 Å². The Morgan fingerprint density at radius 1 is 0.964 bits per heavy atom. The van der Waals surface area contributed by atoms with Gasteiger partial charge in [0.1, 0.15) is 23.9 Å². The number of aromatic amines is 1. The van der Waals surface area contributed by atoms with Gasteiger partial charge in [-0.05, 0) is 42.0 Å². The summed E-state index contributed by atoms with van der Waals surface area (Å²) in [7, 11) is 1.65. The Morgan fingerprint density at radius 2 is 1.75 bits per heavy atom. The second-order valence-corrected chi connectivity index (χ2v) is 6.71. The first-order chi connectivity index (χ1) is 13.7. The zero-order valence-electron chi connectivity index (χ0n) is 15.4. The molecule has 0 atom stereocenters. The van der Waals surface area contributed by atoms with Gasteiger partial charge < -0.3 is 14.5 Å². The van der Waals surface area contributed by atoms with E-state index in [0.717, 1.165) is 34.0 Å². The molecule has 28 heavy (non-hydrogen) atoms. The van der Waals surface area contributed by atoms with Crippen molar-refractivity contribution >= 4 is 11.6 Å². The average molecular weight is 391 g/mol. The Kier molecular flexibility index (Phi) is 5.31. The first kappa shape index (κ1) is 18.1. The summed E-state index contributed by atoms with van der Waals surface area (Å²) in [5.41, 5.74) is 3.78. The number of methoxy groups -OCH3 is 1. The summed E-state index contributed by atoms with van der Waals surface area (Å²) in [6, 6.07) is 23.4. The molecule has 0 aliphatic heterocycles. The van der Waals surface area contributed by atoms with Gasteiger partial charge >= 0.3 is 0 Å². The van der Waals surface area contributed by atoms with Crippen LogP contribution in [0.4, 0.5) is 0 Å². The quantitative estimate of drug-likeness (QED) is 0.440. The maximum Gasteiger partial charge on any atom is 0.138 e. The number of hydrogen-bond donors (Lipinski definition) is 1. The number of H-pyrrole nitrogens is 1. The maximum atomic E-state index is 5.96. The molecule has 3 aromatic carbocycles. The molecule has 1 heterocycles. The fourth-order valence-electron chi connectivity index (χ4n) is 2.93. The summed E-state index contributed by atoms with van der Waals surface area (Å²) < 4.78 is 11.5. The van der Waals surface area contributed by atoms with Crippen molar-refractivity contribution in [1.82, 2.24) is 9.97 Å². The maximum absolute atomic E-state index is 5.96. The van der Waals surface area contributed by atoms with Crippen LogP contribution < -0.4 is 9.47 Å². The lowest BCUT2D eigenvalue weighted by atomic mass is 10.1. The zero-order chi connectivity index (χ0) is 19.3. The van der Waals surface area contributed by atoms with E-state index in [1.807, 2.05) is 79.0 Å². The molecule has 0 radical (unpaired) electrons. The number of aromatic nitrogens is 2. The molecule has 4 nitrogen and oxygen atoms in total. The van der Waals surface area contributed by atoms with E-state index in [9.17, 15) is 0 Å². The molecule has 0 saturated carbocycles. The average Bonchev–Trinajstić information content (AvgIpc) is 3.23. The van der Waals surface area contributed by atoms with Crippen molar-refractivity contribution in [2.24, 2.45) is 0 Å². The van der Waals surface area contributed by atoms with E-state index >= 15 is 0 Å². The SMILES string of the molecule is COc1cc(OCc2ccccc2)ccc1-c1c[nH]c(-c2ccc(Cl)cc2)n1. The summed E-state index contributed by atoms with van der Waals surface area (Å²) in [5, 5.41) is 0.697. The second-order valence-electron chi connectivity index (χ2n) is 6.28. The number of nitrogens with zero attached hydrogens (tertiary/aromatic N) is 1. The number of imidazole rings is 1. The highest BCUT2D eigenvalue weighted by Crippen LogP contribution is 2.33. The molecule has 0 amide bonds. The van der Waals surface area contributed by atoms with Crippen molar-refractivity contribution < 1.29 is 9.47 Å². The van der Waals surface area contributed by atoms with Crippen LogP contribution in [0.1, 0.15) is 5.56 Å². The Hall–Kier alpha value is -3.24. The molecule has 0 unspecified atom stereocenters. The van der Waals surface area contributed by atoms with Crippen molar-refractivity contribution in [3.63, 3.8) is 0 Å². The number of ether oxygens (including phenoxy) is 2. The summed E-state index contributed by atoms with van der Waals surface area (Å²) in [4.78, 5) is 7.90. The van der Waals surface area contributed by atoms with Crippen LogP contribution in [0.25, 0.3) is 22.6 Å². The lowest BCUT2D eigenvalue weighted by Gasteiger charge is -2.11. The van der Waals surface area contributed by atoms with E-state index in [-0.39, 0.29) is 0 Å². The normalized spacial score (nSPS) is 10.6. The highest BCUT2D eigenvalue weighted by Gasteiger charge is 2.12.